The fourth-order valence-corrected chi connectivity index (χ4v) is 5.79. The highest BCUT2D eigenvalue weighted by Gasteiger charge is 2.41. The molecule has 0 spiro atoms. The molecule has 1 N–H and O–H groups in total. The van der Waals surface area contributed by atoms with Crippen LogP contribution in [0.15, 0.2) is 54.6 Å². The number of hydrogen-bond acceptors (Lipinski definition) is 5. The lowest BCUT2D eigenvalue weighted by Crippen LogP contribution is -2.52. The van der Waals surface area contributed by atoms with Gasteiger partial charge in [-0.05, 0) is 114 Å². The minimum absolute atomic E-state index is 0.0150. The van der Waals surface area contributed by atoms with Gasteiger partial charge in [-0.1, -0.05) is 18.1 Å². The van der Waals surface area contributed by atoms with Gasteiger partial charge >= 0.3 is 0 Å². The lowest BCUT2D eigenvalue weighted by atomic mass is 9.96. The van der Waals surface area contributed by atoms with Crippen molar-refractivity contribution in [3.63, 3.8) is 0 Å². The Morgan fingerprint density at radius 2 is 1.73 bits per heavy atom. The lowest BCUT2D eigenvalue weighted by Gasteiger charge is -2.37. The predicted octanol–water partition coefficient (Wildman–Crippen LogP) is 6.68. The number of nitrogens with one attached hydrogen (secondary N) is 1. The van der Waals surface area contributed by atoms with Crippen molar-refractivity contribution in [1.82, 2.24) is 5.32 Å². The first-order valence-corrected chi connectivity index (χ1v) is 15.5. The summed E-state index contributed by atoms with van der Waals surface area (Å²) in [7, 11) is 0. The first kappa shape index (κ1) is 33.4. The van der Waals surface area contributed by atoms with Crippen LogP contribution in [0.25, 0.3) is 0 Å². The zero-order chi connectivity index (χ0) is 32.9. The van der Waals surface area contributed by atoms with Crippen molar-refractivity contribution in [2.24, 2.45) is 0 Å². The fraction of sp³-hybridized carbons (Fsp3) is 0.405. The van der Waals surface area contributed by atoms with Crippen molar-refractivity contribution in [2.75, 3.05) is 29.5 Å². The van der Waals surface area contributed by atoms with Crippen LogP contribution in [0.3, 0.4) is 0 Å². The number of anilines is 2. The number of fused-ring (bicyclic) bond motifs is 1. The molecule has 8 heteroatoms. The Balaban J connectivity index is 1.93. The molecule has 3 aromatic rings. The number of carbonyl (C=O) groups is 2. The Hall–Kier alpha value is -4.51. The third-order valence-electron chi connectivity index (χ3n) is 7.70. The van der Waals surface area contributed by atoms with Gasteiger partial charge in [0.1, 0.15) is 30.0 Å². The smallest absolute Gasteiger partial charge is 0.269 e. The van der Waals surface area contributed by atoms with E-state index in [9.17, 15) is 14.0 Å². The molecular weight excluding hydrogens is 569 g/mol. The predicted molar refractivity (Wildman–Crippen MR) is 178 cm³/mol. The minimum Gasteiger partial charge on any atom is -0.480 e. The molecule has 0 radical (unpaired) electrons. The van der Waals surface area contributed by atoms with Crippen molar-refractivity contribution < 1.29 is 23.5 Å². The van der Waals surface area contributed by atoms with Crippen LogP contribution in [0.2, 0.25) is 0 Å². The maximum absolute atomic E-state index is 14.7. The summed E-state index contributed by atoms with van der Waals surface area (Å²) in [5, 5.41) is 3.10. The van der Waals surface area contributed by atoms with Crippen LogP contribution in [0, 0.1) is 32.0 Å². The molecule has 238 valence electrons. The van der Waals surface area contributed by atoms with Crippen LogP contribution in [0.5, 0.6) is 11.5 Å². The summed E-state index contributed by atoms with van der Waals surface area (Å²) in [5.74, 6) is 2.27. The van der Waals surface area contributed by atoms with Gasteiger partial charge in [0.2, 0.25) is 5.91 Å². The molecule has 0 saturated heterocycles. The number of terminal acetylenes is 1. The van der Waals surface area contributed by atoms with E-state index in [0.29, 0.717) is 41.2 Å². The highest BCUT2D eigenvalue weighted by molar-refractivity contribution is 6.04. The SMILES string of the molecule is C#CCOc1cc(N(CC)CC)ccc1C(C(=O)NC(C)(C)C)N(C(=O)C1CCc2cc(F)ccc2O1)c1cc(C)cc(C)c1. The summed E-state index contributed by atoms with van der Waals surface area (Å²) in [5.41, 5.74) is 3.93. The van der Waals surface area contributed by atoms with Crippen LogP contribution in [-0.2, 0) is 16.0 Å². The second-order valence-electron chi connectivity index (χ2n) is 12.5. The van der Waals surface area contributed by atoms with Crippen molar-refractivity contribution in [2.45, 2.75) is 79.0 Å². The van der Waals surface area contributed by atoms with Crippen molar-refractivity contribution >= 4 is 23.2 Å². The van der Waals surface area contributed by atoms with Crippen LogP contribution >= 0.6 is 0 Å². The maximum Gasteiger partial charge on any atom is 0.269 e. The zero-order valence-electron chi connectivity index (χ0n) is 27.4. The molecule has 0 aliphatic carbocycles. The van der Waals surface area contributed by atoms with E-state index in [2.05, 4.69) is 30.0 Å². The van der Waals surface area contributed by atoms with Crippen LogP contribution in [-0.4, -0.2) is 43.2 Å². The van der Waals surface area contributed by atoms with Crippen LogP contribution in [0.1, 0.15) is 69.3 Å². The monoisotopic (exact) mass is 613 g/mol. The maximum atomic E-state index is 14.7. The molecule has 0 bridgehead atoms. The van der Waals surface area contributed by atoms with Gasteiger partial charge in [0.05, 0.1) is 0 Å². The molecule has 7 nitrogen and oxygen atoms in total. The van der Waals surface area contributed by atoms with E-state index in [1.165, 1.54) is 17.0 Å². The number of benzene rings is 3. The van der Waals surface area contributed by atoms with Crippen molar-refractivity contribution in [1.29, 1.82) is 0 Å². The average Bonchev–Trinajstić information content (AvgIpc) is 2.97. The van der Waals surface area contributed by atoms with E-state index >= 15 is 0 Å². The average molecular weight is 614 g/mol. The highest BCUT2D eigenvalue weighted by atomic mass is 19.1. The van der Waals surface area contributed by atoms with Crippen molar-refractivity contribution in [3.8, 4) is 23.8 Å². The lowest BCUT2D eigenvalue weighted by molar-refractivity contribution is -0.131. The van der Waals surface area contributed by atoms with Gasteiger partial charge in [-0.15, -0.1) is 6.42 Å². The molecule has 1 aliphatic rings. The largest absolute Gasteiger partial charge is 0.480 e. The summed E-state index contributed by atoms with van der Waals surface area (Å²) in [6.45, 7) is 15.2. The molecule has 45 heavy (non-hydrogen) atoms. The van der Waals surface area contributed by atoms with Crippen LogP contribution < -0.4 is 24.6 Å². The Bertz CT molecular complexity index is 1570. The summed E-state index contributed by atoms with van der Waals surface area (Å²) in [4.78, 5) is 32.9. The van der Waals surface area contributed by atoms with Gasteiger partial charge in [-0.25, -0.2) is 4.39 Å². The van der Waals surface area contributed by atoms with E-state index in [4.69, 9.17) is 15.9 Å². The van der Waals surface area contributed by atoms with Gasteiger partial charge in [0, 0.05) is 41.6 Å². The Kier molecular flexibility index (Phi) is 10.4. The zero-order valence-corrected chi connectivity index (χ0v) is 27.4. The van der Waals surface area contributed by atoms with E-state index in [0.717, 1.165) is 29.9 Å². The number of carbonyl (C=O) groups excluding carboxylic acids is 2. The molecule has 1 heterocycles. The van der Waals surface area contributed by atoms with Gasteiger partial charge in [-0.3, -0.25) is 14.5 Å². The number of rotatable bonds is 10. The third-order valence-corrected chi connectivity index (χ3v) is 7.70. The molecule has 3 aromatic carbocycles. The molecular formula is C37H44FN3O4. The first-order valence-electron chi connectivity index (χ1n) is 15.5. The summed E-state index contributed by atoms with van der Waals surface area (Å²) >= 11 is 0. The number of amides is 2. The number of halogens is 1. The first-order chi connectivity index (χ1) is 21.3. The van der Waals surface area contributed by atoms with Gasteiger partial charge in [0.15, 0.2) is 6.10 Å². The number of hydrogen-bond donors (Lipinski definition) is 1. The Morgan fingerprint density at radius 3 is 2.36 bits per heavy atom. The summed E-state index contributed by atoms with van der Waals surface area (Å²) in [6, 6.07) is 14.6. The minimum atomic E-state index is -1.13. The standard InChI is InChI=1S/C37H44FN3O4/c1-9-18-44-33-23-28(40(10-2)11-3)14-15-30(33)34(35(42)39-37(6,7)8)41(29-20-24(4)19-25(5)21-29)36(43)32-16-12-26-22-27(38)13-17-31(26)45-32/h1,13-15,17,19-23,32,34H,10-12,16,18H2,2-8H3,(H,39,42). The number of nitrogens with zero attached hydrogens (tertiary/aromatic N) is 2. The number of ether oxygens (including phenoxy) is 2. The third kappa shape index (κ3) is 7.96. The second kappa shape index (κ2) is 14.1. The molecule has 2 amide bonds. The number of aryl methyl sites for hydroxylation is 3. The van der Waals surface area contributed by atoms with E-state index in [-0.39, 0.29) is 24.2 Å². The summed E-state index contributed by atoms with van der Waals surface area (Å²) in [6.07, 6.45) is 5.48. The topological polar surface area (TPSA) is 71.1 Å². The fourth-order valence-electron chi connectivity index (χ4n) is 5.79. The molecule has 0 fully saturated rings. The quantitative estimate of drug-likeness (QED) is 0.258. The van der Waals surface area contributed by atoms with Crippen LogP contribution in [0.4, 0.5) is 15.8 Å². The van der Waals surface area contributed by atoms with E-state index in [1.54, 1.807) is 6.07 Å². The van der Waals surface area contributed by atoms with Gasteiger partial charge in [-0.2, -0.15) is 0 Å². The molecule has 4 rings (SSSR count). The van der Waals surface area contributed by atoms with Gasteiger partial charge < -0.3 is 19.7 Å². The highest BCUT2D eigenvalue weighted by Crippen LogP contribution is 2.39. The second-order valence-corrected chi connectivity index (χ2v) is 12.5. The Labute approximate surface area is 266 Å². The van der Waals surface area contributed by atoms with Crippen molar-refractivity contribution in [3.05, 3.63) is 82.7 Å². The van der Waals surface area contributed by atoms with E-state index < -0.39 is 17.7 Å². The normalized spacial score (nSPS) is 14.8. The molecule has 2 atom stereocenters. The Morgan fingerprint density at radius 1 is 1.04 bits per heavy atom. The molecule has 1 aliphatic heterocycles. The molecule has 0 saturated carbocycles. The molecule has 2 unspecified atom stereocenters. The van der Waals surface area contributed by atoms with E-state index in [1.807, 2.05) is 71.0 Å². The summed E-state index contributed by atoms with van der Waals surface area (Å²) < 4.78 is 26.2. The van der Waals surface area contributed by atoms with Gasteiger partial charge in [0.25, 0.3) is 5.91 Å². The molecule has 0 aromatic heterocycles.